The molecule has 7 nitrogen and oxygen atoms in total. The monoisotopic (exact) mass is 425 g/mol. The molecule has 4 unspecified atom stereocenters. The maximum absolute atomic E-state index is 13.6. The molecule has 3 heterocycles. The van der Waals surface area contributed by atoms with Gasteiger partial charge in [-0.05, 0) is 54.9 Å². The minimum Gasteiger partial charge on any atom is -0.330 e. The number of halogens is 1. The highest BCUT2D eigenvalue weighted by Crippen LogP contribution is 2.44. The summed E-state index contributed by atoms with van der Waals surface area (Å²) in [4.78, 5) is 31.7. The number of aryl methyl sites for hydroxylation is 1. The van der Waals surface area contributed by atoms with E-state index in [1.165, 1.54) is 6.07 Å². The fraction of sp³-hybridized carbons (Fsp3) is 0.609. The maximum atomic E-state index is 13.6. The van der Waals surface area contributed by atoms with Crippen molar-refractivity contribution in [3.8, 4) is 6.07 Å². The van der Waals surface area contributed by atoms with E-state index in [2.05, 4.69) is 6.07 Å². The maximum Gasteiger partial charge on any atom is 0.241 e. The first-order valence-corrected chi connectivity index (χ1v) is 11.2. The van der Waals surface area contributed by atoms with E-state index in [9.17, 15) is 19.2 Å². The number of hydrogen-bond donors (Lipinski definition) is 1. The SMILES string of the molecule is CC1CC(C#N)N(C(=O)C(N)CN2C[C@@H]3CC2C(=O)N3[C@H]2CCc3cc(F)ccc32)C1. The van der Waals surface area contributed by atoms with E-state index < -0.39 is 12.1 Å². The summed E-state index contributed by atoms with van der Waals surface area (Å²) in [6.45, 7) is 3.62. The number of carbonyl (C=O) groups excluding carboxylic acids is 2. The number of hydrogen-bond acceptors (Lipinski definition) is 5. The van der Waals surface area contributed by atoms with Crippen molar-refractivity contribution in [3.63, 3.8) is 0 Å². The molecule has 6 atom stereocenters. The standard InChI is InChI=1S/C23H28FN5O2/c1-13-6-16(9-25)28(10-13)22(30)19(26)12-27-11-17-8-21(27)23(31)29(17)20-5-2-14-7-15(24)3-4-18(14)20/h3-4,7,13,16-17,19-21H,2,5-6,8,10-12,26H2,1H3/t13?,16?,17-,19?,20-,21?/m0/s1. The number of benzene rings is 1. The van der Waals surface area contributed by atoms with E-state index in [0.29, 0.717) is 32.0 Å². The van der Waals surface area contributed by atoms with Crippen LogP contribution in [0.15, 0.2) is 18.2 Å². The van der Waals surface area contributed by atoms with Gasteiger partial charge in [0.2, 0.25) is 11.8 Å². The number of amides is 2. The van der Waals surface area contributed by atoms with E-state index >= 15 is 0 Å². The molecule has 2 N–H and O–H groups in total. The van der Waals surface area contributed by atoms with Crippen LogP contribution in [0.2, 0.25) is 0 Å². The zero-order valence-corrected chi connectivity index (χ0v) is 17.7. The minimum absolute atomic E-state index is 0.0121. The van der Waals surface area contributed by atoms with Gasteiger partial charge in [0.1, 0.15) is 11.9 Å². The van der Waals surface area contributed by atoms with E-state index in [-0.39, 0.29) is 35.8 Å². The van der Waals surface area contributed by atoms with Crippen molar-refractivity contribution in [3.05, 3.63) is 35.1 Å². The topological polar surface area (TPSA) is 93.7 Å². The largest absolute Gasteiger partial charge is 0.330 e. The lowest BCUT2D eigenvalue weighted by Crippen LogP contribution is -2.56. The highest BCUT2D eigenvalue weighted by molar-refractivity contribution is 5.87. The van der Waals surface area contributed by atoms with Gasteiger partial charge in [-0.15, -0.1) is 0 Å². The Morgan fingerprint density at radius 3 is 2.87 bits per heavy atom. The second-order valence-electron chi connectivity index (χ2n) is 9.59. The second-order valence-corrected chi connectivity index (χ2v) is 9.59. The van der Waals surface area contributed by atoms with Crippen molar-refractivity contribution in [1.29, 1.82) is 5.26 Å². The Balaban J connectivity index is 1.25. The number of nitriles is 1. The van der Waals surface area contributed by atoms with Crippen LogP contribution in [0.4, 0.5) is 4.39 Å². The highest BCUT2D eigenvalue weighted by atomic mass is 19.1. The average Bonchev–Trinajstić information content (AvgIpc) is 3.49. The first-order valence-electron chi connectivity index (χ1n) is 11.2. The Morgan fingerprint density at radius 1 is 1.32 bits per heavy atom. The Morgan fingerprint density at radius 2 is 2.13 bits per heavy atom. The van der Waals surface area contributed by atoms with E-state index in [0.717, 1.165) is 30.4 Å². The summed E-state index contributed by atoms with van der Waals surface area (Å²) in [6, 6.07) is 5.79. The van der Waals surface area contributed by atoms with Crippen LogP contribution in [-0.2, 0) is 16.0 Å². The van der Waals surface area contributed by atoms with Crippen molar-refractivity contribution >= 4 is 11.8 Å². The Labute approximate surface area is 181 Å². The van der Waals surface area contributed by atoms with Gasteiger partial charge in [0.15, 0.2) is 0 Å². The lowest BCUT2D eigenvalue weighted by atomic mass is 10.1. The van der Waals surface area contributed by atoms with Gasteiger partial charge in [-0.25, -0.2) is 4.39 Å². The fourth-order valence-electron chi connectivity index (χ4n) is 6.11. The lowest BCUT2D eigenvalue weighted by molar-refractivity contribution is -0.141. The summed E-state index contributed by atoms with van der Waals surface area (Å²) in [7, 11) is 0. The van der Waals surface area contributed by atoms with Crippen molar-refractivity contribution in [1.82, 2.24) is 14.7 Å². The number of likely N-dealkylation sites (tertiary alicyclic amines) is 3. The van der Waals surface area contributed by atoms with Crippen LogP contribution in [0.1, 0.15) is 43.4 Å². The van der Waals surface area contributed by atoms with Crippen LogP contribution < -0.4 is 5.73 Å². The summed E-state index contributed by atoms with van der Waals surface area (Å²) in [6.07, 6.45) is 3.04. The van der Waals surface area contributed by atoms with E-state index in [1.807, 2.05) is 22.8 Å². The third-order valence-electron chi connectivity index (χ3n) is 7.49. The van der Waals surface area contributed by atoms with Crippen LogP contribution in [0.5, 0.6) is 0 Å². The first kappa shape index (κ1) is 20.4. The van der Waals surface area contributed by atoms with Gasteiger partial charge < -0.3 is 15.5 Å². The lowest BCUT2D eigenvalue weighted by Gasteiger charge is -2.38. The van der Waals surface area contributed by atoms with E-state index in [4.69, 9.17) is 5.73 Å². The third kappa shape index (κ3) is 3.31. The molecule has 1 aromatic rings. The summed E-state index contributed by atoms with van der Waals surface area (Å²) < 4.78 is 13.6. The molecule has 3 fully saturated rings. The molecular weight excluding hydrogens is 397 g/mol. The molecule has 0 saturated carbocycles. The Kier molecular flexibility index (Phi) is 4.98. The smallest absolute Gasteiger partial charge is 0.241 e. The number of nitrogens with two attached hydrogens (primary N) is 1. The van der Waals surface area contributed by atoms with Crippen molar-refractivity contribution in [2.24, 2.45) is 11.7 Å². The van der Waals surface area contributed by atoms with Crippen LogP contribution in [-0.4, -0.2) is 70.3 Å². The van der Waals surface area contributed by atoms with Crippen LogP contribution in [0, 0.1) is 23.1 Å². The summed E-state index contributed by atoms with van der Waals surface area (Å²) >= 11 is 0. The van der Waals surface area contributed by atoms with Crippen LogP contribution in [0.25, 0.3) is 0 Å². The number of piperazine rings is 1. The van der Waals surface area contributed by atoms with Gasteiger partial charge in [0, 0.05) is 25.7 Å². The summed E-state index contributed by atoms with van der Waals surface area (Å²) in [5.74, 6) is -0.0523. The van der Waals surface area contributed by atoms with Gasteiger partial charge >= 0.3 is 0 Å². The highest BCUT2D eigenvalue weighted by Gasteiger charge is 2.53. The molecule has 2 bridgehead atoms. The molecule has 1 aliphatic carbocycles. The van der Waals surface area contributed by atoms with Gasteiger partial charge in [0.25, 0.3) is 0 Å². The fourth-order valence-corrected chi connectivity index (χ4v) is 6.11. The molecule has 164 valence electrons. The molecule has 2 amide bonds. The third-order valence-corrected chi connectivity index (χ3v) is 7.49. The number of fused-ring (bicyclic) bond motifs is 3. The van der Waals surface area contributed by atoms with E-state index in [1.54, 1.807) is 11.0 Å². The molecule has 8 heteroatoms. The van der Waals surface area contributed by atoms with Gasteiger partial charge in [-0.2, -0.15) is 5.26 Å². The normalized spacial score (nSPS) is 33.1. The quantitative estimate of drug-likeness (QED) is 0.782. The van der Waals surface area contributed by atoms with Crippen LogP contribution in [0.3, 0.4) is 0 Å². The Hall–Kier alpha value is -2.50. The van der Waals surface area contributed by atoms with Crippen molar-refractivity contribution < 1.29 is 14.0 Å². The summed E-state index contributed by atoms with van der Waals surface area (Å²) in [5.41, 5.74) is 8.31. The minimum atomic E-state index is -0.739. The molecule has 31 heavy (non-hydrogen) atoms. The van der Waals surface area contributed by atoms with Gasteiger partial charge in [-0.3, -0.25) is 14.5 Å². The van der Waals surface area contributed by atoms with Crippen LogP contribution >= 0.6 is 0 Å². The molecule has 0 radical (unpaired) electrons. The second kappa shape index (κ2) is 7.57. The van der Waals surface area contributed by atoms with Crippen molar-refractivity contribution in [2.45, 2.75) is 62.8 Å². The zero-order valence-electron chi connectivity index (χ0n) is 17.7. The van der Waals surface area contributed by atoms with Gasteiger partial charge in [0.05, 0.1) is 24.2 Å². The molecule has 3 aliphatic heterocycles. The molecule has 0 spiro atoms. The Bertz CT molecular complexity index is 962. The predicted octanol–water partition coefficient (Wildman–Crippen LogP) is 1.19. The zero-order chi connectivity index (χ0) is 21.9. The summed E-state index contributed by atoms with van der Waals surface area (Å²) in [5, 5.41) is 9.34. The molecule has 3 saturated heterocycles. The van der Waals surface area contributed by atoms with Crippen molar-refractivity contribution in [2.75, 3.05) is 19.6 Å². The first-order chi connectivity index (χ1) is 14.9. The molecule has 0 aromatic heterocycles. The van der Waals surface area contributed by atoms with Gasteiger partial charge in [-0.1, -0.05) is 13.0 Å². The predicted molar refractivity (Wildman–Crippen MR) is 111 cm³/mol. The number of rotatable bonds is 4. The molecular formula is C23H28FN5O2. The average molecular weight is 426 g/mol. The number of nitrogens with zero attached hydrogens (tertiary/aromatic N) is 4. The number of carbonyl (C=O) groups is 2. The molecule has 5 rings (SSSR count). The molecule has 1 aromatic carbocycles. The molecule has 4 aliphatic rings.